The topological polar surface area (TPSA) is 66.5 Å². The van der Waals surface area contributed by atoms with Crippen molar-refractivity contribution in [2.45, 2.75) is 42.5 Å². The van der Waals surface area contributed by atoms with Crippen LogP contribution in [0.3, 0.4) is 0 Å². The largest absolute Gasteiger partial charge is 0.343 e. The lowest BCUT2D eigenvalue weighted by Crippen LogP contribution is -2.36. The number of piperidine rings is 1. The predicted molar refractivity (Wildman–Crippen MR) is 112 cm³/mol. The minimum absolute atomic E-state index is 0.190. The van der Waals surface area contributed by atoms with Crippen LogP contribution in [0, 0.1) is 0 Å². The fourth-order valence-electron chi connectivity index (χ4n) is 3.72. The number of halogens is 1. The fraction of sp³-hybridized carbons (Fsp3) is 0.381. The molecule has 5 nitrogen and oxygen atoms in total. The van der Waals surface area contributed by atoms with Crippen LogP contribution >= 0.6 is 15.9 Å². The molecular weight excluding hydrogens is 440 g/mol. The molecule has 2 fully saturated rings. The second-order valence-electron chi connectivity index (χ2n) is 7.54. The molecule has 2 aromatic rings. The number of carbonyl (C=O) groups excluding carboxylic acids is 1. The Morgan fingerprint density at radius 2 is 1.68 bits per heavy atom. The number of sulfonamides is 1. The summed E-state index contributed by atoms with van der Waals surface area (Å²) in [6.45, 7) is 1.09. The molecule has 1 aliphatic heterocycles. The van der Waals surface area contributed by atoms with E-state index < -0.39 is 10.0 Å². The zero-order valence-corrected chi connectivity index (χ0v) is 17.9. The first kappa shape index (κ1) is 19.6. The summed E-state index contributed by atoms with van der Waals surface area (Å²) in [6.07, 6.45) is 4.59. The van der Waals surface area contributed by atoms with Crippen LogP contribution in [0.5, 0.6) is 0 Å². The van der Waals surface area contributed by atoms with E-state index in [1.54, 1.807) is 18.2 Å². The molecule has 4 rings (SSSR count). The molecular formula is C21H23BrN2O3S. The normalized spacial score (nSPS) is 19.2. The maximum Gasteiger partial charge on any atom is 0.252 e. The summed E-state index contributed by atoms with van der Waals surface area (Å²) in [5.41, 5.74) is 1.10. The smallest absolute Gasteiger partial charge is 0.252 e. The van der Waals surface area contributed by atoms with Gasteiger partial charge in [0.1, 0.15) is 0 Å². The number of benzene rings is 2. The van der Waals surface area contributed by atoms with Crippen molar-refractivity contribution in [3.63, 3.8) is 0 Å². The summed E-state index contributed by atoms with van der Waals surface area (Å²) in [6, 6.07) is 14.3. The maximum absolute atomic E-state index is 12.9. The third-order valence-corrected chi connectivity index (χ3v) is 7.97. The number of hydrogen-bond donors (Lipinski definition) is 1. The number of amides is 1. The standard InChI is InChI=1S/C21H23BrN2O3S/c22-18-9-7-17(8-10-18)21(11-12-21)23-20(25)16-5-4-6-19(15-16)28(26,27)24-13-2-1-3-14-24/h4-10,15H,1-3,11-14H2,(H,23,25). The van der Waals surface area contributed by atoms with Crippen LogP contribution in [-0.4, -0.2) is 31.7 Å². The van der Waals surface area contributed by atoms with Crippen LogP contribution in [0.4, 0.5) is 0 Å². The highest BCUT2D eigenvalue weighted by Gasteiger charge is 2.45. The van der Waals surface area contributed by atoms with Crippen molar-refractivity contribution in [3.05, 3.63) is 64.1 Å². The molecule has 0 bridgehead atoms. The SMILES string of the molecule is O=C(NC1(c2ccc(Br)cc2)CC1)c1cccc(S(=O)(=O)N2CCCCC2)c1. The molecule has 7 heteroatoms. The number of nitrogens with one attached hydrogen (secondary N) is 1. The number of carbonyl (C=O) groups is 1. The van der Waals surface area contributed by atoms with E-state index in [2.05, 4.69) is 21.2 Å². The van der Waals surface area contributed by atoms with Gasteiger partial charge >= 0.3 is 0 Å². The lowest BCUT2D eigenvalue weighted by atomic mass is 10.0. The first-order valence-corrected chi connectivity index (χ1v) is 11.8. The van der Waals surface area contributed by atoms with Crippen LogP contribution in [0.25, 0.3) is 0 Å². The van der Waals surface area contributed by atoms with Crippen molar-refractivity contribution < 1.29 is 13.2 Å². The highest BCUT2D eigenvalue weighted by atomic mass is 79.9. The summed E-state index contributed by atoms with van der Waals surface area (Å²) >= 11 is 3.43. The van der Waals surface area contributed by atoms with Crippen LogP contribution in [0.15, 0.2) is 57.9 Å². The number of rotatable bonds is 5. The van der Waals surface area contributed by atoms with E-state index in [4.69, 9.17) is 0 Å². The molecule has 1 saturated heterocycles. The van der Waals surface area contributed by atoms with E-state index in [1.165, 1.54) is 10.4 Å². The van der Waals surface area contributed by atoms with Crippen molar-refractivity contribution >= 4 is 31.9 Å². The summed E-state index contributed by atoms with van der Waals surface area (Å²) in [5.74, 6) is -0.240. The zero-order chi connectivity index (χ0) is 19.8. The number of hydrogen-bond acceptors (Lipinski definition) is 3. The van der Waals surface area contributed by atoms with Crippen molar-refractivity contribution in [1.29, 1.82) is 0 Å². The van der Waals surface area contributed by atoms with E-state index in [1.807, 2.05) is 24.3 Å². The van der Waals surface area contributed by atoms with Gasteiger partial charge in [-0.25, -0.2) is 8.42 Å². The van der Waals surface area contributed by atoms with E-state index in [0.717, 1.165) is 42.1 Å². The molecule has 1 aliphatic carbocycles. The minimum atomic E-state index is -3.55. The van der Waals surface area contributed by atoms with Gasteiger partial charge in [0.15, 0.2) is 0 Å². The monoisotopic (exact) mass is 462 g/mol. The lowest BCUT2D eigenvalue weighted by Gasteiger charge is -2.26. The molecule has 0 spiro atoms. The Bertz CT molecular complexity index is 979. The first-order chi connectivity index (χ1) is 13.4. The molecule has 1 saturated carbocycles. The molecule has 1 amide bonds. The van der Waals surface area contributed by atoms with Crippen molar-refractivity contribution in [3.8, 4) is 0 Å². The fourth-order valence-corrected chi connectivity index (χ4v) is 5.55. The molecule has 148 valence electrons. The Kier molecular flexibility index (Phi) is 5.33. The Labute approximate surface area is 174 Å². The summed E-state index contributed by atoms with van der Waals surface area (Å²) < 4.78 is 28.3. The van der Waals surface area contributed by atoms with Gasteiger partial charge < -0.3 is 5.32 Å². The van der Waals surface area contributed by atoms with Crippen LogP contribution in [0.2, 0.25) is 0 Å². The van der Waals surface area contributed by atoms with Crippen LogP contribution in [-0.2, 0) is 15.6 Å². The second kappa shape index (κ2) is 7.61. The summed E-state index contributed by atoms with van der Waals surface area (Å²) in [7, 11) is -3.55. The molecule has 2 aliphatic rings. The molecule has 1 heterocycles. The Hall–Kier alpha value is -1.70. The molecule has 28 heavy (non-hydrogen) atoms. The molecule has 0 unspecified atom stereocenters. The Morgan fingerprint density at radius 1 is 1.00 bits per heavy atom. The predicted octanol–water partition coefficient (Wildman–Crippen LogP) is 4.04. The average molecular weight is 463 g/mol. The quantitative estimate of drug-likeness (QED) is 0.728. The van der Waals surface area contributed by atoms with Gasteiger partial charge in [-0.1, -0.05) is 40.5 Å². The van der Waals surface area contributed by atoms with E-state index in [0.29, 0.717) is 18.7 Å². The Morgan fingerprint density at radius 3 is 2.32 bits per heavy atom. The lowest BCUT2D eigenvalue weighted by molar-refractivity contribution is 0.0930. The molecule has 0 atom stereocenters. The van der Waals surface area contributed by atoms with Gasteiger partial charge in [-0.2, -0.15) is 4.31 Å². The first-order valence-electron chi connectivity index (χ1n) is 9.60. The maximum atomic E-state index is 12.9. The van der Waals surface area contributed by atoms with E-state index >= 15 is 0 Å². The number of nitrogens with zero attached hydrogens (tertiary/aromatic N) is 1. The minimum Gasteiger partial charge on any atom is -0.343 e. The third kappa shape index (κ3) is 3.88. The van der Waals surface area contributed by atoms with E-state index in [9.17, 15) is 13.2 Å². The second-order valence-corrected chi connectivity index (χ2v) is 10.4. The molecule has 1 N–H and O–H groups in total. The van der Waals surface area contributed by atoms with Crippen molar-refractivity contribution in [1.82, 2.24) is 9.62 Å². The van der Waals surface area contributed by atoms with Gasteiger partial charge in [-0.05, 0) is 61.6 Å². The zero-order valence-electron chi connectivity index (χ0n) is 15.5. The highest BCUT2D eigenvalue weighted by Crippen LogP contribution is 2.45. The van der Waals surface area contributed by atoms with Crippen LogP contribution < -0.4 is 5.32 Å². The van der Waals surface area contributed by atoms with Crippen molar-refractivity contribution in [2.24, 2.45) is 0 Å². The molecule has 0 aromatic heterocycles. The summed E-state index contributed by atoms with van der Waals surface area (Å²) in [5, 5.41) is 3.11. The van der Waals surface area contributed by atoms with Gasteiger partial charge in [0, 0.05) is 23.1 Å². The van der Waals surface area contributed by atoms with Gasteiger partial charge in [0.2, 0.25) is 10.0 Å². The summed E-state index contributed by atoms with van der Waals surface area (Å²) in [4.78, 5) is 13.1. The third-order valence-electron chi connectivity index (χ3n) is 5.55. The van der Waals surface area contributed by atoms with E-state index in [-0.39, 0.29) is 16.3 Å². The van der Waals surface area contributed by atoms with Gasteiger partial charge in [0.25, 0.3) is 5.91 Å². The van der Waals surface area contributed by atoms with Crippen molar-refractivity contribution in [2.75, 3.05) is 13.1 Å². The van der Waals surface area contributed by atoms with Gasteiger partial charge in [-0.15, -0.1) is 0 Å². The van der Waals surface area contributed by atoms with Gasteiger partial charge in [0.05, 0.1) is 10.4 Å². The average Bonchev–Trinajstić information content (AvgIpc) is 3.50. The molecule has 0 radical (unpaired) electrons. The van der Waals surface area contributed by atoms with Gasteiger partial charge in [-0.3, -0.25) is 4.79 Å². The Balaban J connectivity index is 1.54. The molecule has 2 aromatic carbocycles. The van der Waals surface area contributed by atoms with Crippen LogP contribution in [0.1, 0.15) is 48.0 Å². The highest BCUT2D eigenvalue weighted by molar-refractivity contribution is 9.10.